The molecule has 0 bridgehead atoms. The van der Waals surface area contributed by atoms with Crippen molar-refractivity contribution < 1.29 is 13.2 Å². The average Bonchev–Trinajstić information content (AvgIpc) is 2.48. The molecule has 0 saturated carbocycles. The summed E-state index contributed by atoms with van der Waals surface area (Å²) < 4.78 is 29.7. The van der Waals surface area contributed by atoms with Crippen LogP contribution in [0.4, 0.5) is 0 Å². The lowest BCUT2D eigenvalue weighted by Gasteiger charge is -2.08. The van der Waals surface area contributed by atoms with E-state index in [1.807, 2.05) is 12.1 Å². The molecule has 0 atom stereocenters. The van der Waals surface area contributed by atoms with Gasteiger partial charge in [-0.3, -0.25) is 0 Å². The number of ether oxygens (including phenoxy) is 1. The summed E-state index contributed by atoms with van der Waals surface area (Å²) in [5.74, 6) is 0.514. The fourth-order valence-electron chi connectivity index (χ4n) is 1.77. The van der Waals surface area contributed by atoms with E-state index in [9.17, 15) is 8.42 Å². The van der Waals surface area contributed by atoms with Crippen LogP contribution in [0.15, 0.2) is 53.4 Å². The van der Waals surface area contributed by atoms with Gasteiger partial charge in [-0.15, -0.1) is 0 Å². The van der Waals surface area contributed by atoms with E-state index in [1.165, 1.54) is 12.1 Å². The Bertz CT molecular complexity index is 699. The Morgan fingerprint density at radius 2 is 1.81 bits per heavy atom. The fourth-order valence-corrected chi connectivity index (χ4v) is 3.16. The van der Waals surface area contributed by atoms with Crippen molar-refractivity contribution in [3.05, 3.63) is 59.1 Å². The zero-order valence-corrected chi connectivity index (χ0v) is 12.9. The van der Waals surface area contributed by atoms with Gasteiger partial charge in [0, 0.05) is 11.6 Å². The van der Waals surface area contributed by atoms with E-state index >= 15 is 0 Å². The third-order valence-electron chi connectivity index (χ3n) is 2.94. The number of rotatable bonds is 6. The van der Waals surface area contributed by atoms with Gasteiger partial charge in [0.2, 0.25) is 0 Å². The quantitative estimate of drug-likeness (QED) is 0.886. The van der Waals surface area contributed by atoms with Gasteiger partial charge in [-0.05, 0) is 35.9 Å². The van der Waals surface area contributed by atoms with E-state index in [0.29, 0.717) is 17.3 Å². The molecule has 0 saturated heterocycles. The molecule has 21 heavy (non-hydrogen) atoms. The van der Waals surface area contributed by atoms with Crippen molar-refractivity contribution in [1.29, 1.82) is 0 Å². The maximum Gasteiger partial charge on any atom is 0.181 e. The Balaban J connectivity index is 1.95. The molecule has 0 radical (unpaired) electrons. The van der Waals surface area contributed by atoms with E-state index in [2.05, 4.69) is 0 Å². The minimum Gasteiger partial charge on any atom is -0.493 e. The van der Waals surface area contributed by atoms with Gasteiger partial charge < -0.3 is 10.5 Å². The molecule has 0 heterocycles. The molecule has 0 aliphatic rings. The highest BCUT2D eigenvalue weighted by molar-refractivity contribution is 7.91. The first-order chi connectivity index (χ1) is 10.0. The van der Waals surface area contributed by atoms with Crippen LogP contribution >= 0.6 is 11.6 Å². The van der Waals surface area contributed by atoms with Gasteiger partial charge in [0.25, 0.3) is 0 Å². The third-order valence-corrected chi connectivity index (χ3v) is 4.85. The van der Waals surface area contributed by atoms with E-state index in [1.54, 1.807) is 24.3 Å². The number of hydrogen-bond acceptors (Lipinski definition) is 4. The van der Waals surface area contributed by atoms with Crippen LogP contribution in [-0.4, -0.2) is 20.8 Å². The Hall–Kier alpha value is -1.56. The van der Waals surface area contributed by atoms with Crippen molar-refractivity contribution in [3.63, 3.8) is 0 Å². The van der Waals surface area contributed by atoms with Crippen molar-refractivity contribution in [3.8, 4) is 5.75 Å². The van der Waals surface area contributed by atoms with Crippen LogP contribution in [0.5, 0.6) is 5.75 Å². The smallest absolute Gasteiger partial charge is 0.181 e. The van der Waals surface area contributed by atoms with Gasteiger partial charge in [-0.1, -0.05) is 29.8 Å². The fraction of sp³-hybridized carbons (Fsp3) is 0.200. The maximum absolute atomic E-state index is 12.1. The van der Waals surface area contributed by atoms with Crippen molar-refractivity contribution in [2.24, 2.45) is 5.73 Å². The Labute approximate surface area is 129 Å². The second kappa shape index (κ2) is 6.93. The summed E-state index contributed by atoms with van der Waals surface area (Å²) in [6, 6.07) is 13.5. The monoisotopic (exact) mass is 325 g/mol. The van der Waals surface area contributed by atoms with Crippen LogP contribution in [0, 0.1) is 0 Å². The van der Waals surface area contributed by atoms with Crippen LogP contribution in [0.3, 0.4) is 0 Å². The van der Waals surface area contributed by atoms with Gasteiger partial charge in [-0.2, -0.15) is 0 Å². The van der Waals surface area contributed by atoms with E-state index in [4.69, 9.17) is 22.1 Å². The summed E-state index contributed by atoms with van der Waals surface area (Å²) in [5, 5.41) is 0.398. The first kappa shape index (κ1) is 15.8. The molecule has 0 unspecified atom stereocenters. The van der Waals surface area contributed by atoms with Crippen LogP contribution in [0.25, 0.3) is 0 Å². The summed E-state index contributed by atoms with van der Waals surface area (Å²) in [6.07, 6.45) is 0. The largest absolute Gasteiger partial charge is 0.493 e. The average molecular weight is 326 g/mol. The van der Waals surface area contributed by atoms with Gasteiger partial charge >= 0.3 is 0 Å². The van der Waals surface area contributed by atoms with Gasteiger partial charge in [0.05, 0.1) is 10.6 Å². The molecule has 4 nitrogen and oxygen atoms in total. The molecular formula is C15H16ClNO3S. The first-order valence-electron chi connectivity index (χ1n) is 6.41. The van der Waals surface area contributed by atoms with Crippen LogP contribution < -0.4 is 10.5 Å². The summed E-state index contributed by atoms with van der Waals surface area (Å²) in [6.45, 7) is 0.542. The lowest BCUT2D eigenvalue weighted by molar-refractivity contribution is 0.341. The van der Waals surface area contributed by atoms with Crippen molar-refractivity contribution >= 4 is 21.4 Å². The van der Waals surface area contributed by atoms with Crippen molar-refractivity contribution in [1.82, 2.24) is 0 Å². The summed E-state index contributed by atoms with van der Waals surface area (Å²) >= 11 is 5.80. The second-order valence-electron chi connectivity index (χ2n) is 4.47. The number of hydrogen-bond donors (Lipinski definition) is 1. The molecule has 0 aliphatic heterocycles. The van der Waals surface area contributed by atoms with E-state index in [0.717, 1.165) is 5.56 Å². The molecule has 112 valence electrons. The topological polar surface area (TPSA) is 69.4 Å². The molecule has 2 N–H and O–H groups in total. The van der Waals surface area contributed by atoms with Crippen molar-refractivity contribution in [2.75, 3.05) is 12.4 Å². The number of nitrogens with two attached hydrogens (primary N) is 1. The highest BCUT2D eigenvalue weighted by atomic mass is 35.5. The molecule has 0 spiro atoms. The summed E-state index contributed by atoms with van der Waals surface area (Å²) in [7, 11) is -3.40. The molecule has 0 aromatic heterocycles. The molecular weight excluding hydrogens is 310 g/mol. The summed E-state index contributed by atoms with van der Waals surface area (Å²) in [4.78, 5) is 0.206. The van der Waals surface area contributed by atoms with E-state index < -0.39 is 9.84 Å². The number of sulfone groups is 1. The van der Waals surface area contributed by atoms with Gasteiger partial charge in [-0.25, -0.2) is 8.42 Å². The molecule has 0 aliphatic carbocycles. The lowest BCUT2D eigenvalue weighted by atomic mass is 10.2. The van der Waals surface area contributed by atoms with Gasteiger partial charge in [0.1, 0.15) is 12.4 Å². The normalized spacial score (nSPS) is 11.3. The first-order valence-corrected chi connectivity index (χ1v) is 8.44. The molecule has 2 aromatic rings. The Morgan fingerprint density at radius 3 is 2.43 bits per heavy atom. The lowest BCUT2D eigenvalue weighted by Crippen LogP contribution is -2.14. The predicted octanol–water partition coefficient (Wildman–Crippen LogP) is 2.65. The van der Waals surface area contributed by atoms with Crippen molar-refractivity contribution in [2.45, 2.75) is 11.4 Å². The van der Waals surface area contributed by atoms with Crippen LogP contribution in [0.2, 0.25) is 5.02 Å². The predicted molar refractivity (Wildman–Crippen MR) is 83.3 cm³/mol. The number of benzene rings is 2. The van der Waals surface area contributed by atoms with Crippen LogP contribution in [0.1, 0.15) is 5.56 Å². The van der Waals surface area contributed by atoms with E-state index in [-0.39, 0.29) is 17.3 Å². The molecule has 0 fully saturated rings. The highest BCUT2D eigenvalue weighted by Crippen LogP contribution is 2.17. The Morgan fingerprint density at radius 1 is 1.10 bits per heavy atom. The molecule has 2 aromatic carbocycles. The minimum absolute atomic E-state index is 0.0802. The third kappa shape index (κ3) is 4.46. The zero-order valence-electron chi connectivity index (χ0n) is 11.3. The second-order valence-corrected chi connectivity index (χ2v) is 7.02. The summed E-state index contributed by atoms with van der Waals surface area (Å²) in [5.41, 5.74) is 6.50. The molecule has 6 heteroatoms. The van der Waals surface area contributed by atoms with Gasteiger partial charge in [0.15, 0.2) is 9.84 Å². The minimum atomic E-state index is -3.40. The molecule has 0 amide bonds. The SMILES string of the molecule is NCc1ccc(OCCS(=O)(=O)c2cccc(Cl)c2)cc1. The zero-order chi connectivity index (χ0) is 15.3. The standard InChI is InChI=1S/C15H16ClNO3S/c16-13-2-1-3-15(10-13)21(18,19)9-8-20-14-6-4-12(11-17)5-7-14/h1-7,10H,8-9,11,17H2. The van der Waals surface area contributed by atoms with Crippen LogP contribution in [-0.2, 0) is 16.4 Å². The maximum atomic E-state index is 12.1. The highest BCUT2D eigenvalue weighted by Gasteiger charge is 2.14. The number of halogens is 1. The molecule has 2 rings (SSSR count). The Kier molecular flexibility index (Phi) is 5.22.